The lowest BCUT2D eigenvalue weighted by Crippen LogP contribution is -2.32. The lowest BCUT2D eigenvalue weighted by Gasteiger charge is -2.15. The van der Waals surface area contributed by atoms with Crippen LogP contribution in [0, 0.1) is 5.82 Å². The Morgan fingerprint density at radius 3 is 2.47 bits per heavy atom. The van der Waals surface area contributed by atoms with Crippen LogP contribution in [0.2, 0.25) is 10.0 Å². The third kappa shape index (κ3) is 3.31. The molecule has 0 fully saturated rings. The van der Waals surface area contributed by atoms with Crippen LogP contribution in [0.25, 0.3) is 0 Å². The molecule has 0 aromatic heterocycles. The van der Waals surface area contributed by atoms with E-state index in [1.165, 1.54) is 7.05 Å². The molecule has 0 saturated heterocycles. The fourth-order valence-corrected chi connectivity index (χ4v) is 1.63. The van der Waals surface area contributed by atoms with E-state index in [-0.39, 0.29) is 15.6 Å². The predicted molar refractivity (Wildman–Crippen MR) is 61.0 cm³/mol. The van der Waals surface area contributed by atoms with Gasteiger partial charge in [0.1, 0.15) is 12.4 Å². The van der Waals surface area contributed by atoms with E-state index in [4.69, 9.17) is 28.3 Å². The molecule has 0 saturated carbocycles. The summed E-state index contributed by atoms with van der Waals surface area (Å²) < 4.78 is 13.2. The number of halogens is 3. The second kappa shape index (κ2) is 5.33. The van der Waals surface area contributed by atoms with Crippen LogP contribution in [0.5, 0.6) is 0 Å². The zero-order valence-corrected chi connectivity index (χ0v) is 10.2. The maximum absolute atomic E-state index is 13.2. The first-order valence-electron chi connectivity index (χ1n) is 4.44. The van der Waals surface area contributed by atoms with Crippen molar-refractivity contribution in [2.45, 2.75) is 0 Å². The SMILES string of the molecule is CN(CC(=O)O)C(=O)c1cc(F)c(Cl)cc1Cl. The van der Waals surface area contributed by atoms with Crippen molar-refractivity contribution in [2.75, 3.05) is 13.6 Å². The molecular weight excluding hydrogens is 272 g/mol. The molecule has 0 radical (unpaired) electrons. The number of nitrogens with zero attached hydrogens (tertiary/aromatic N) is 1. The summed E-state index contributed by atoms with van der Waals surface area (Å²) in [5.74, 6) is -2.65. The minimum Gasteiger partial charge on any atom is -0.480 e. The summed E-state index contributed by atoms with van der Waals surface area (Å²) in [6, 6.07) is 1.98. The summed E-state index contributed by atoms with van der Waals surface area (Å²) in [7, 11) is 1.28. The second-order valence-electron chi connectivity index (χ2n) is 3.30. The monoisotopic (exact) mass is 279 g/mol. The molecule has 17 heavy (non-hydrogen) atoms. The number of amides is 1. The largest absolute Gasteiger partial charge is 0.480 e. The zero-order valence-electron chi connectivity index (χ0n) is 8.71. The van der Waals surface area contributed by atoms with Gasteiger partial charge in [0.15, 0.2) is 0 Å². The van der Waals surface area contributed by atoms with Crippen molar-refractivity contribution in [1.82, 2.24) is 4.90 Å². The van der Waals surface area contributed by atoms with Gasteiger partial charge in [-0.25, -0.2) is 4.39 Å². The topological polar surface area (TPSA) is 57.6 Å². The number of likely N-dealkylation sites (N-methyl/N-ethyl adjacent to an activating group) is 1. The number of carboxylic acids is 1. The van der Waals surface area contributed by atoms with E-state index in [2.05, 4.69) is 0 Å². The molecule has 0 unspecified atom stereocenters. The lowest BCUT2D eigenvalue weighted by atomic mass is 10.2. The second-order valence-corrected chi connectivity index (χ2v) is 4.12. The summed E-state index contributed by atoms with van der Waals surface area (Å²) in [5, 5.41) is 8.30. The Bertz CT molecular complexity index is 479. The first-order valence-corrected chi connectivity index (χ1v) is 5.20. The maximum atomic E-state index is 13.2. The number of aliphatic carboxylic acids is 1. The molecule has 0 aliphatic heterocycles. The van der Waals surface area contributed by atoms with Crippen LogP contribution in [0.4, 0.5) is 4.39 Å². The highest BCUT2D eigenvalue weighted by molar-refractivity contribution is 6.36. The summed E-state index contributed by atoms with van der Waals surface area (Å²) >= 11 is 11.2. The molecule has 1 N–H and O–H groups in total. The minimum atomic E-state index is -1.17. The summed E-state index contributed by atoms with van der Waals surface area (Å²) in [6.07, 6.45) is 0. The van der Waals surface area contributed by atoms with Gasteiger partial charge in [-0.1, -0.05) is 23.2 Å². The van der Waals surface area contributed by atoms with Gasteiger partial charge in [0.25, 0.3) is 5.91 Å². The van der Waals surface area contributed by atoms with Gasteiger partial charge < -0.3 is 10.0 Å². The van der Waals surface area contributed by atoms with Crippen molar-refractivity contribution in [1.29, 1.82) is 0 Å². The molecule has 1 amide bonds. The first kappa shape index (κ1) is 13.7. The molecule has 0 heterocycles. The minimum absolute atomic E-state index is 0.0290. The molecular formula is C10H8Cl2FNO3. The van der Waals surface area contributed by atoms with Crippen molar-refractivity contribution < 1.29 is 19.1 Å². The highest BCUT2D eigenvalue weighted by Crippen LogP contribution is 2.25. The average Bonchev–Trinajstić information content (AvgIpc) is 2.21. The molecule has 1 aromatic rings. The van der Waals surface area contributed by atoms with Gasteiger partial charge in [0.05, 0.1) is 15.6 Å². The Hall–Kier alpha value is -1.33. The van der Waals surface area contributed by atoms with Crippen LogP contribution in [0.1, 0.15) is 10.4 Å². The van der Waals surface area contributed by atoms with E-state index in [1.807, 2.05) is 0 Å². The van der Waals surface area contributed by atoms with Crippen molar-refractivity contribution in [3.05, 3.63) is 33.6 Å². The molecule has 1 aromatic carbocycles. The molecule has 1 rings (SSSR count). The summed E-state index contributed by atoms with van der Waals surface area (Å²) in [4.78, 5) is 23.1. The number of hydrogen-bond acceptors (Lipinski definition) is 2. The van der Waals surface area contributed by atoms with Crippen LogP contribution in [0.3, 0.4) is 0 Å². The van der Waals surface area contributed by atoms with Gasteiger partial charge in [-0.2, -0.15) is 0 Å². The van der Waals surface area contributed by atoms with Gasteiger partial charge in [0.2, 0.25) is 0 Å². The normalized spacial score (nSPS) is 10.1. The van der Waals surface area contributed by atoms with Crippen LogP contribution >= 0.6 is 23.2 Å². The van der Waals surface area contributed by atoms with Crippen LogP contribution in [-0.2, 0) is 4.79 Å². The summed E-state index contributed by atoms with van der Waals surface area (Å²) in [5.41, 5.74) is -0.127. The van der Waals surface area contributed by atoms with Gasteiger partial charge in [0, 0.05) is 7.05 Å². The van der Waals surface area contributed by atoms with Gasteiger partial charge in [-0.05, 0) is 12.1 Å². The molecule has 0 atom stereocenters. The molecule has 0 spiro atoms. The molecule has 4 nitrogen and oxygen atoms in total. The third-order valence-corrected chi connectivity index (χ3v) is 2.56. The van der Waals surface area contributed by atoms with Crippen LogP contribution < -0.4 is 0 Å². The van der Waals surface area contributed by atoms with Crippen molar-refractivity contribution >= 4 is 35.1 Å². The average molecular weight is 280 g/mol. The van der Waals surface area contributed by atoms with Gasteiger partial charge in [-0.15, -0.1) is 0 Å². The highest BCUT2D eigenvalue weighted by Gasteiger charge is 2.19. The number of rotatable bonds is 3. The van der Waals surface area contributed by atoms with Crippen LogP contribution in [0.15, 0.2) is 12.1 Å². The van der Waals surface area contributed by atoms with Crippen LogP contribution in [-0.4, -0.2) is 35.5 Å². The molecule has 0 aliphatic carbocycles. The van der Waals surface area contributed by atoms with E-state index in [9.17, 15) is 14.0 Å². The van der Waals surface area contributed by atoms with Crippen molar-refractivity contribution in [3.8, 4) is 0 Å². The number of hydrogen-bond donors (Lipinski definition) is 1. The fourth-order valence-electron chi connectivity index (χ4n) is 1.17. The standard InChI is InChI=1S/C10H8Cl2FNO3/c1-14(4-9(15)16)10(17)5-2-8(13)7(12)3-6(5)11/h2-3H,4H2,1H3,(H,15,16). The van der Waals surface area contributed by atoms with E-state index in [1.54, 1.807) is 0 Å². The van der Waals surface area contributed by atoms with E-state index in [0.29, 0.717) is 0 Å². The number of carboxylic acid groups (broad SMARTS) is 1. The lowest BCUT2D eigenvalue weighted by molar-refractivity contribution is -0.137. The number of carbonyl (C=O) groups is 2. The van der Waals surface area contributed by atoms with E-state index >= 15 is 0 Å². The Kier molecular flexibility index (Phi) is 4.31. The van der Waals surface area contributed by atoms with Crippen molar-refractivity contribution in [3.63, 3.8) is 0 Å². The zero-order chi connectivity index (χ0) is 13.2. The van der Waals surface area contributed by atoms with E-state index in [0.717, 1.165) is 17.0 Å². The number of benzene rings is 1. The third-order valence-electron chi connectivity index (χ3n) is 1.96. The van der Waals surface area contributed by atoms with Gasteiger partial charge >= 0.3 is 5.97 Å². The molecule has 92 valence electrons. The Morgan fingerprint density at radius 1 is 1.35 bits per heavy atom. The van der Waals surface area contributed by atoms with Gasteiger partial charge in [-0.3, -0.25) is 9.59 Å². The molecule has 0 bridgehead atoms. The highest BCUT2D eigenvalue weighted by atomic mass is 35.5. The maximum Gasteiger partial charge on any atom is 0.323 e. The van der Waals surface area contributed by atoms with Crippen molar-refractivity contribution in [2.24, 2.45) is 0 Å². The predicted octanol–water partition coefficient (Wildman–Crippen LogP) is 2.29. The Morgan fingerprint density at radius 2 is 1.94 bits per heavy atom. The molecule has 7 heteroatoms. The smallest absolute Gasteiger partial charge is 0.323 e. The Labute approximate surface area is 107 Å². The number of carbonyl (C=O) groups excluding carboxylic acids is 1. The quantitative estimate of drug-likeness (QED) is 0.864. The summed E-state index contributed by atoms with van der Waals surface area (Å²) in [6.45, 7) is -0.501. The molecule has 0 aliphatic rings. The van der Waals surface area contributed by atoms with E-state index < -0.39 is 24.2 Å². The Balaban J connectivity index is 3.04. The fraction of sp³-hybridized carbons (Fsp3) is 0.200. The first-order chi connectivity index (χ1) is 7.82.